The van der Waals surface area contributed by atoms with Gasteiger partial charge in [0, 0.05) is 0 Å². The summed E-state index contributed by atoms with van der Waals surface area (Å²) in [6.45, 7) is 0. The Labute approximate surface area is 89.4 Å². The van der Waals surface area contributed by atoms with Gasteiger partial charge in [-0.05, 0) is 24.3 Å². The van der Waals surface area contributed by atoms with Crippen molar-refractivity contribution in [3.63, 3.8) is 0 Å². The second-order valence-electron chi connectivity index (χ2n) is 2.73. The normalized spacial score (nSPS) is 10.4. The van der Waals surface area contributed by atoms with E-state index in [1.807, 2.05) is 6.07 Å². The summed E-state index contributed by atoms with van der Waals surface area (Å²) in [5.41, 5.74) is 1.57. The number of nitrogens with two attached hydrogens (primary N) is 1. The van der Waals surface area contributed by atoms with Crippen molar-refractivity contribution in [3.8, 4) is 11.8 Å². The van der Waals surface area contributed by atoms with Crippen LogP contribution in [0.15, 0.2) is 24.3 Å². The molecule has 0 aliphatic rings. The molecule has 0 spiro atoms. The Balaban J connectivity index is 2.81. The van der Waals surface area contributed by atoms with E-state index in [9.17, 15) is 13.6 Å². The van der Waals surface area contributed by atoms with Gasteiger partial charge in [0.1, 0.15) is 5.75 Å². The van der Waals surface area contributed by atoms with Gasteiger partial charge in [-0.2, -0.15) is 14.0 Å². The number of alkyl halides is 2. The molecule has 0 fully saturated rings. The van der Waals surface area contributed by atoms with E-state index in [4.69, 9.17) is 5.26 Å². The molecule has 3 N–H and O–H groups in total. The van der Waals surface area contributed by atoms with E-state index in [0.717, 1.165) is 12.1 Å². The number of hydrazine groups is 1. The fourth-order valence-electron chi connectivity index (χ4n) is 0.876. The van der Waals surface area contributed by atoms with Crippen LogP contribution in [-0.4, -0.2) is 12.0 Å². The first-order chi connectivity index (χ1) is 7.49. The molecule has 0 saturated carbocycles. The summed E-state index contributed by atoms with van der Waals surface area (Å²) in [6.07, 6.45) is -4.05. The third kappa shape index (κ3) is 2.65. The van der Waals surface area contributed by atoms with Gasteiger partial charge in [-0.15, -0.1) is 0 Å². The lowest BCUT2D eigenvalue weighted by Crippen LogP contribution is -2.47. The highest BCUT2D eigenvalue weighted by atomic mass is 19.3. The summed E-state index contributed by atoms with van der Waals surface area (Å²) in [7, 11) is 0. The molecule has 0 saturated heterocycles. The molecule has 0 radical (unpaired) electrons. The van der Waals surface area contributed by atoms with Crippen molar-refractivity contribution in [2.75, 3.05) is 0 Å². The molecule has 1 aromatic carbocycles. The molecule has 0 atom stereocenters. The van der Waals surface area contributed by atoms with E-state index < -0.39 is 12.0 Å². The number of benzene rings is 1. The highest BCUT2D eigenvalue weighted by molar-refractivity contribution is 5.81. The maximum atomic E-state index is 12.9. The summed E-state index contributed by atoms with van der Waals surface area (Å²) in [6, 6.07) is 6.67. The van der Waals surface area contributed by atoms with Crippen LogP contribution in [0.25, 0.3) is 0 Å². The molecule has 1 aromatic rings. The predicted octanol–water partition coefficient (Wildman–Crippen LogP) is 0.520. The van der Waals surface area contributed by atoms with Gasteiger partial charge >= 0.3 is 12.0 Å². The minimum absolute atomic E-state index is 0.243. The molecule has 16 heavy (non-hydrogen) atoms. The second kappa shape index (κ2) is 4.55. The van der Waals surface area contributed by atoms with Crippen LogP contribution in [0.5, 0.6) is 5.75 Å². The maximum absolute atomic E-state index is 12.9. The number of amides is 1. The molecule has 0 bridgehead atoms. The molecule has 0 aromatic heterocycles. The lowest BCUT2D eigenvalue weighted by atomic mass is 10.2. The number of hydrogen-bond acceptors (Lipinski definition) is 4. The van der Waals surface area contributed by atoms with Gasteiger partial charge in [0.05, 0.1) is 11.6 Å². The Morgan fingerprint density at radius 3 is 2.44 bits per heavy atom. The number of rotatable bonds is 3. The summed E-state index contributed by atoms with van der Waals surface area (Å²) in [5, 5.41) is 8.47. The topological polar surface area (TPSA) is 88.1 Å². The van der Waals surface area contributed by atoms with E-state index in [-0.39, 0.29) is 5.75 Å². The molecule has 84 valence electrons. The molecule has 1 amide bonds. The maximum Gasteiger partial charge on any atom is 0.483 e. The van der Waals surface area contributed by atoms with Gasteiger partial charge in [-0.1, -0.05) is 0 Å². The van der Waals surface area contributed by atoms with Crippen LogP contribution in [0.2, 0.25) is 0 Å². The lowest BCUT2D eigenvalue weighted by molar-refractivity contribution is -0.192. The second-order valence-corrected chi connectivity index (χ2v) is 2.73. The molecule has 0 unspecified atom stereocenters. The van der Waals surface area contributed by atoms with Gasteiger partial charge in [0.25, 0.3) is 0 Å². The Morgan fingerprint density at radius 2 is 2.00 bits per heavy atom. The third-order valence-electron chi connectivity index (χ3n) is 1.62. The first kappa shape index (κ1) is 11.9. The first-order valence-corrected chi connectivity index (χ1v) is 4.07. The number of ether oxygens (including phenoxy) is 1. The minimum Gasteiger partial charge on any atom is -0.425 e. The van der Waals surface area contributed by atoms with Crippen LogP contribution in [0.4, 0.5) is 8.78 Å². The number of carbonyl (C=O) groups excluding carboxylic acids is 1. The zero-order valence-electron chi connectivity index (χ0n) is 7.91. The van der Waals surface area contributed by atoms with Crippen LogP contribution in [-0.2, 0) is 4.79 Å². The smallest absolute Gasteiger partial charge is 0.425 e. The molecular formula is C9H7F2N3O2. The fourth-order valence-corrected chi connectivity index (χ4v) is 0.876. The molecule has 5 nitrogen and oxygen atoms in total. The summed E-state index contributed by atoms with van der Waals surface area (Å²) in [5.74, 6) is 2.56. The van der Waals surface area contributed by atoms with E-state index in [1.165, 1.54) is 17.6 Å². The van der Waals surface area contributed by atoms with Crippen molar-refractivity contribution in [1.29, 1.82) is 5.26 Å². The summed E-state index contributed by atoms with van der Waals surface area (Å²) in [4.78, 5) is 10.6. The molecule has 0 heterocycles. The molecule has 0 aliphatic heterocycles. The third-order valence-corrected chi connectivity index (χ3v) is 1.62. The molecular weight excluding hydrogens is 220 g/mol. The Kier molecular flexibility index (Phi) is 3.37. The molecule has 1 rings (SSSR count). The number of halogens is 2. The monoisotopic (exact) mass is 227 g/mol. The lowest BCUT2D eigenvalue weighted by Gasteiger charge is -2.15. The van der Waals surface area contributed by atoms with Crippen molar-refractivity contribution < 1.29 is 18.3 Å². The summed E-state index contributed by atoms with van der Waals surface area (Å²) < 4.78 is 29.9. The van der Waals surface area contributed by atoms with Crippen molar-refractivity contribution in [2.24, 2.45) is 5.84 Å². The van der Waals surface area contributed by atoms with Gasteiger partial charge in [-0.3, -0.25) is 10.2 Å². The number of nitrogens with zero attached hydrogens (tertiary/aromatic N) is 1. The van der Waals surface area contributed by atoms with Crippen LogP contribution >= 0.6 is 0 Å². The van der Waals surface area contributed by atoms with Crippen molar-refractivity contribution in [3.05, 3.63) is 29.8 Å². The van der Waals surface area contributed by atoms with Crippen molar-refractivity contribution in [1.82, 2.24) is 5.43 Å². The fraction of sp³-hybridized carbons (Fsp3) is 0.111. The number of hydrogen-bond donors (Lipinski definition) is 2. The highest BCUT2D eigenvalue weighted by Crippen LogP contribution is 2.21. The summed E-state index contributed by atoms with van der Waals surface area (Å²) >= 11 is 0. The number of carbonyl (C=O) groups is 1. The Morgan fingerprint density at radius 1 is 1.44 bits per heavy atom. The zero-order valence-corrected chi connectivity index (χ0v) is 7.91. The average Bonchev–Trinajstić information content (AvgIpc) is 2.28. The largest absolute Gasteiger partial charge is 0.483 e. The van der Waals surface area contributed by atoms with Gasteiger partial charge in [-0.25, -0.2) is 5.84 Å². The number of nitriles is 1. The zero-order chi connectivity index (χ0) is 12.2. The standard InChI is InChI=1S/C9H7F2N3O2/c10-9(11,8(15)14-13)16-7-3-1-6(5-12)2-4-7/h1-4H,13H2,(H,14,15). The number of nitrogens with one attached hydrogen (secondary N) is 1. The van der Waals surface area contributed by atoms with E-state index in [1.54, 1.807) is 0 Å². The van der Waals surface area contributed by atoms with Crippen LogP contribution in [0.3, 0.4) is 0 Å². The van der Waals surface area contributed by atoms with Crippen LogP contribution < -0.4 is 16.0 Å². The predicted molar refractivity (Wildman–Crippen MR) is 49.1 cm³/mol. The van der Waals surface area contributed by atoms with Crippen LogP contribution in [0.1, 0.15) is 5.56 Å². The minimum atomic E-state index is -4.05. The molecule has 0 aliphatic carbocycles. The van der Waals surface area contributed by atoms with Gasteiger partial charge in [0.2, 0.25) is 0 Å². The van der Waals surface area contributed by atoms with Gasteiger partial charge in [0.15, 0.2) is 0 Å². The SMILES string of the molecule is N#Cc1ccc(OC(F)(F)C(=O)NN)cc1. The molecule has 7 heteroatoms. The van der Waals surface area contributed by atoms with E-state index in [2.05, 4.69) is 10.6 Å². The average molecular weight is 227 g/mol. The quantitative estimate of drug-likeness (QED) is 0.447. The highest BCUT2D eigenvalue weighted by Gasteiger charge is 2.41. The Bertz CT molecular complexity index is 425. The Hall–Kier alpha value is -2.20. The van der Waals surface area contributed by atoms with Crippen molar-refractivity contribution in [2.45, 2.75) is 6.11 Å². The van der Waals surface area contributed by atoms with Gasteiger partial charge < -0.3 is 4.74 Å². The van der Waals surface area contributed by atoms with Crippen LogP contribution in [0, 0.1) is 11.3 Å². The van der Waals surface area contributed by atoms with Crippen molar-refractivity contribution >= 4 is 5.91 Å². The first-order valence-electron chi connectivity index (χ1n) is 4.07. The van der Waals surface area contributed by atoms with E-state index in [0.29, 0.717) is 5.56 Å². The van der Waals surface area contributed by atoms with E-state index >= 15 is 0 Å².